The van der Waals surface area contributed by atoms with E-state index in [1.165, 1.54) is 12.1 Å². The highest BCUT2D eigenvalue weighted by atomic mass is 32.2. The summed E-state index contributed by atoms with van der Waals surface area (Å²) in [5, 5.41) is 14.3. The predicted molar refractivity (Wildman–Crippen MR) is 128 cm³/mol. The van der Waals surface area contributed by atoms with Crippen LogP contribution < -0.4 is 5.32 Å². The van der Waals surface area contributed by atoms with Crippen LogP contribution in [0.15, 0.2) is 73.1 Å². The van der Waals surface area contributed by atoms with Crippen LogP contribution in [0.25, 0.3) is 0 Å². The van der Waals surface area contributed by atoms with Gasteiger partial charge in [-0.1, -0.05) is 30.3 Å². The summed E-state index contributed by atoms with van der Waals surface area (Å²) in [7, 11) is 0. The summed E-state index contributed by atoms with van der Waals surface area (Å²) in [5.41, 5.74) is 1.62. The van der Waals surface area contributed by atoms with Crippen LogP contribution in [0.5, 0.6) is 0 Å². The average Bonchev–Trinajstić information content (AvgIpc) is 3.52. The molecule has 4 atom stereocenters. The van der Waals surface area contributed by atoms with Crippen LogP contribution in [-0.4, -0.2) is 44.2 Å². The van der Waals surface area contributed by atoms with Gasteiger partial charge in [0.25, 0.3) is 5.69 Å². The van der Waals surface area contributed by atoms with E-state index in [-0.39, 0.29) is 29.3 Å². The number of aromatic nitrogens is 1. The summed E-state index contributed by atoms with van der Waals surface area (Å²) < 4.78 is 0. The number of nitro benzene ring substituents is 1. The third-order valence-electron chi connectivity index (χ3n) is 7.25. The van der Waals surface area contributed by atoms with Gasteiger partial charge in [-0.15, -0.1) is 11.8 Å². The molecule has 4 heterocycles. The molecule has 8 nitrogen and oxygen atoms in total. The maximum Gasteiger partial charge on any atom is 0.269 e. The molecule has 3 aromatic rings. The molecular formula is C25H20N4O4S. The highest BCUT2D eigenvalue weighted by Gasteiger charge is 2.69. The third-order valence-corrected chi connectivity index (χ3v) is 8.28. The van der Waals surface area contributed by atoms with Crippen LogP contribution >= 0.6 is 11.8 Å². The van der Waals surface area contributed by atoms with Crippen molar-refractivity contribution in [2.75, 3.05) is 16.9 Å². The Morgan fingerprint density at radius 3 is 2.68 bits per heavy atom. The predicted octanol–water partition coefficient (Wildman–Crippen LogP) is 3.81. The first-order valence-electron chi connectivity index (χ1n) is 11.0. The normalized spacial score (nSPS) is 27.4. The monoisotopic (exact) mass is 472 g/mol. The van der Waals surface area contributed by atoms with E-state index >= 15 is 0 Å². The van der Waals surface area contributed by atoms with E-state index in [1.807, 2.05) is 24.3 Å². The van der Waals surface area contributed by atoms with Crippen molar-refractivity contribution in [3.05, 3.63) is 99.9 Å². The lowest BCUT2D eigenvalue weighted by atomic mass is 9.69. The molecule has 1 amide bonds. The second-order valence-corrected chi connectivity index (χ2v) is 9.76. The van der Waals surface area contributed by atoms with Crippen molar-refractivity contribution in [1.82, 2.24) is 9.88 Å². The Labute approximate surface area is 199 Å². The number of pyridine rings is 1. The number of nitrogens with zero attached hydrogens (tertiary/aromatic N) is 3. The number of ketones is 1. The fraction of sp³-hybridized carbons (Fsp3) is 0.240. The quantitative estimate of drug-likeness (QED) is 0.350. The number of rotatable bonds is 4. The van der Waals surface area contributed by atoms with Crippen LogP contribution in [0, 0.1) is 16.0 Å². The third kappa shape index (κ3) is 2.80. The fourth-order valence-electron chi connectivity index (χ4n) is 5.91. The molecule has 0 unspecified atom stereocenters. The van der Waals surface area contributed by atoms with E-state index in [1.54, 1.807) is 48.4 Å². The second-order valence-electron chi connectivity index (χ2n) is 8.76. The van der Waals surface area contributed by atoms with Gasteiger partial charge in [0.15, 0.2) is 5.78 Å². The molecule has 1 N–H and O–H groups in total. The number of amides is 1. The minimum Gasteiger partial charge on any atom is -0.324 e. The highest BCUT2D eigenvalue weighted by molar-refractivity contribution is 7.99. The Hall–Kier alpha value is -3.56. The lowest BCUT2D eigenvalue weighted by molar-refractivity contribution is -0.384. The van der Waals surface area contributed by atoms with Crippen LogP contribution in [-0.2, 0) is 10.3 Å². The minimum atomic E-state index is -1.16. The number of thioether (sulfide) groups is 1. The van der Waals surface area contributed by atoms with E-state index in [2.05, 4.69) is 15.2 Å². The van der Waals surface area contributed by atoms with Crippen molar-refractivity contribution in [3.8, 4) is 0 Å². The van der Waals surface area contributed by atoms with Gasteiger partial charge >= 0.3 is 0 Å². The maximum absolute atomic E-state index is 14.2. The van der Waals surface area contributed by atoms with Crippen molar-refractivity contribution in [2.45, 2.75) is 17.5 Å². The summed E-state index contributed by atoms with van der Waals surface area (Å²) >= 11 is 1.73. The molecule has 3 aliphatic rings. The maximum atomic E-state index is 14.2. The standard InChI is InChI=1S/C25H20N4O4S/c30-23(16-4-3-11-26-12-16)22-21(15-7-9-17(10-8-15)29(32)33)20-13-34-14-28(20)25(22)18-5-1-2-6-19(18)27-24(25)31/h1-12,20-22H,13-14H2,(H,27,31)/t20-,21+,22-,25-/m1/s1. The molecule has 6 rings (SSSR count). The molecule has 0 bridgehead atoms. The largest absolute Gasteiger partial charge is 0.324 e. The van der Waals surface area contributed by atoms with Gasteiger partial charge in [-0.05, 0) is 23.8 Å². The van der Waals surface area contributed by atoms with Gasteiger partial charge in [0, 0.05) is 64.9 Å². The van der Waals surface area contributed by atoms with Gasteiger partial charge in [-0.25, -0.2) is 0 Å². The van der Waals surface area contributed by atoms with Gasteiger partial charge in [0.2, 0.25) is 5.91 Å². The van der Waals surface area contributed by atoms with Gasteiger partial charge in [0.1, 0.15) is 5.54 Å². The number of carbonyl (C=O) groups excluding carboxylic acids is 2. The number of fused-ring (bicyclic) bond motifs is 4. The zero-order chi connectivity index (χ0) is 23.4. The number of para-hydroxylation sites is 1. The highest BCUT2D eigenvalue weighted by Crippen LogP contribution is 2.61. The number of hydrogen-bond acceptors (Lipinski definition) is 7. The smallest absolute Gasteiger partial charge is 0.269 e. The lowest BCUT2D eigenvalue weighted by Gasteiger charge is -2.36. The summed E-state index contributed by atoms with van der Waals surface area (Å²) in [4.78, 5) is 45.2. The van der Waals surface area contributed by atoms with E-state index in [0.717, 1.165) is 22.6 Å². The molecule has 2 aromatic carbocycles. The summed E-state index contributed by atoms with van der Waals surface area (Å²) in [5.74, 6) is -0.00811. The molecule has 0 radical (unpaired) electrons. The minimum absolute atomic E-state index is 0.00629. The first-order valence-corrected chi connectivity index (χ1v) is 12.1. The molecule has 0 aliphatic carbocycles. The Balaban J connectivity index is 1.59. The summed E-state index contributed by atoms with van der Waals surface area (Å²) in [6, 6.07) is 17.3. The molecule has 3 aliphatic heterocycles. The van der Waals surface area contributed by atoms with Gasteiger partial charge in [-0.2, -0.15) is 0 Å². The van der Waals surface area contributed by atoms with E-state index < -0.39 is 16.4 Å². The number of benzene rings is 2. The molecule has 9 heteroatoms. The summed E-state index contributed by atoms with van der Waals surface area (Å²) in [6.07, 6.45) is 3.15. The van der Waals surface area contributed by atoms with Crippen LogP contribution in [0.1, 0.15) is 27.4 Å². The number of carbonyl (C=O) groups is 2. The number of Topliss-reactive ketones (excluding diaryl/α,β-unsaturated/α-hetero) is 1. The zero-order valence-corrected chi connectivity index (χ0v) is 18.8. The van der Waals surface area contributed by atoms with E-state index in [0.29, 0.717) is 11.4 Å². The van der Waals surface area contributed by atoms with Gasteiger partial charge in [0.05, 0.1) is 10.8 Å². The molecule has 0 saturated carbocycles. The average molecular weight is 473 g/mol. The molecular weight excluding hydrogens is 452 g/mol. The van der Waals surface area contributed by atoms with Gasteiger partial charge in [-0.3, -0.25) is 29.6 Å². The van der Waals surface area contributed by atoms with E-state index in [9.17, 15) is 19.7 Å². The Bertz CT molecular complexity index is 1320. The molecule has 34 heavy (non-hydrogen) atoms. The van der Waals surface area contributed by atoms with Crippen LogP contribution in [0.4, 0.5) is 11.4 Å². The number of non-ortho nitro benzene ring substituents is 1. The number of hydrogen-bond donors (Lipinski definition) is 1. The Kier molecular flexibility index (Phi) is 4.79. The molecule has 2 saturated heterocycles. The first-order chi connectivity index (χ1) is 16.5. The Morgan fingerprint density at radius 1 is 1.15 bits per heavy atom. The molecule has 1 aromatic heterocycles. The van der Waals surface area contributed by atoms with E-state index in [4.69, 9.17) is 0 Å². The first kappa shape index (κ1) is 21.0. The van der Waals surface area contributed by atoms with Gasteiger partial charge < -0.3 is 5.32 Å². The number of nitrogens with one attached hydrogen (secondary N) is 1. The SMILES string of the molecule is O=C(c1cccnc1)[C@H]1[C@@H](c2ccc([N+](=O)[O-])cc2)[C@H]2CSCN2[C@@]12C(=O)Nc1ccccc12. The van der Waals surface area contributed by atoms with Crippen molar-refractivity contribution in [2.24, 2.45) is 5.92 Å². The Morgan fingerprint density at radius 2 is 1.94 bits per heavy atom. The van der Waals surface area contributed by atoms with Crippen molar-refractivity contribution in [3.63, 3.8) is 0 Å². The molecule has 2 fully saturated rings. The molecule has 170 valence electrons. The topological polar surface area (TPSA) is 105 Å². The van der Waals surface area contributed by atoms with Crippen LogP contribution in [0.2, 0.25) is 0 Å². The van der Waals surface area contributed by atoms with Crippen molar-refractivity contribution >= 4 is 34.8 Å². The zero-order valence-electron chi connectivity index (χ0n) is 18.0. The molecule has 1 spiro atoms. The van der Waals surface area contributed by atoms with Crippen molar-refractivity contribution < 1.29 is 14.5 Å². The fourth-order valence-corrected chi connectivity index (χ4v) is 7.24. The summed E-state index contributed by atoms with van der Waals surface area (Å²) in [6.45, 7) is 0. The lowest BCUT2D eigenvalue weighted by Crippen LogP contribution is -2.52. The number of anilines is 1. The van der Waals surface area contributed by atoms with Crippen molar-refractivity contribution in [1.29, 1.82) is 0 Å². The number of nitro groups is 1. The van der Waals surface area contributed by atoms with Crippen LogP contribution in [0.3, 0.4) is 0 Å². The second kappa shape index (κ2) is 7.75.